The molecule has 11 nitrogen and oxygen atoms in total. The third-order valence-corrected chi connectivity index (χ3v) is 15.1. The molecule has 462 valence electrons. The van der Waals surface area contributed by atoms with Crippen LogP contribution in [-0.4, -0.2) is 99.6 Å². The van der Waals surface area contributed by atoms with Gasteiger partial charge in [-0.1, -0.05) is 273 Å². The van der Waals surface area contributed by atoms with E-state index in [4.69, 9.17) is 14.2 Å². The van der Waals surface area contributed by atoms with Gasteiger partial charge in [-0.15, -0.1) is 0 Å². The van der Waals surface area contributed by atoms with E-state index in [1.807, 2.05) is 18.2 Å². The van der Waals surface area contributed by atoms with Crippen molar-refractivity contribution in [1.29, 1.82) is 0 Å². The van der Waals surface area contributed by atoms with Gasteiger partial charge >= 0.3 is 5.97 Å². The minimum atomic E-state index is -1.62. The van der Waals surface area contributed by atoms with Gasteiger partial charge in [-0.3, -0.25) is 9.59 Å². The van der Waals surface area contributed by atoms with Gasteiger partial charge in [0.05, 0.1) is 25.4 Å². The number of rotatable bonds is 55. The second-order valence-corrected chi connectivity index (χ2v) is 22.5. The number of aliphatic hydroxyl groups is 5. The summed E-state index contributed by atoms with van der Waals surface area (Å²) in [5, 5.41) is 57.0. The summed E-state index contributed by atoms with van der Waals surface area (Å²) in [6.45, 7) is 5.63. The molecule has 0 aromatic carbocycles. The van der Waals surface area contributed by atoms with Crippen LogP contribution in [0.1, 0.15) is 278 Å². The molecule has 0 saturated carbocycles. The van der Waals surface area contributed by atoms with E-state index in [2.05, 4.69) is 86.8 Å². The second kappa shape index (κ2) is 56.3. The summed E-state index contributed by atoms with van der Waals surface area (Å²) < 4.78 is 17.6. The van der Waals surface area contributed by atoms with Crippen LogP contribution in [0.2, 0.25) is 0 Å². The SMILES string of the molecule is CC/C=C/C=C/C=C/CCCCCCCCC(O)C(=O)NC(COC1OC(CO)C(O)C(O)C1OC(=O)CCCCCCCCCCCCCC/C=C\C/C=C\C/C=C\CCCCC)C(O)/C=C/CCCCCCCCCCCC. The van der Waals surface area contributed by atoms with Crippen LogP contribution in [0.5, 0.6) is 0 Å². The fourth-order valence-electron chi connectivity index (χ4n) is 9.89. The van der Waals surface area contributed by atoms with Gasteiger partial charge in [0, 0.05) is 6.42 Å². The number of ether oxygens (including phenoxy) is 3. The van der Waals surface area contributed by atoms with E-state index in [-0.39, 0.29) is 19.4 Å². The smallest absolute Gasteiger partial charge is 0.306 e. The lowest BCUT2D eigenvalue weighted by atomic mass is 9.99. The van der Waals surface area contributed by atoms with Gasteiger partial charge in [-0.2, -0.15) is 0 Å². The van der Waals surface area contributed by atoms with Crippen molar-refractivity contribution in [2.75, 3.05) is 13.2 Å². The van der Waals surface area contributed by atoms with Gasteiger partial charge in [0.2, 0.25) is 5.91 Å². The maximum atomic E-state index is 13.4. The molecule has 1 rings (SSSR count). The summed E-state index contributed by atoms with van der Waals surface area (Å²) in [5.41, 5.74) is 0. The van der Waals surface area contributed by atoms with Crippen LogP contribution in [0.15, 0.2) is 85.1 Å². The standard InChI is InChI=1S/C69H121NO10/c1-4-7-10-13-16-19-22-25-27-28-29-30-31-32-33-34-35-36-37-39-42-45-48-51-54-57-64(74)80-67-66(76)65(75)63(58-71)79-69(67)78-59-60(61(72)55-52-49-46-43-40-24-21-18-15-12-9-6-3)70-68(77)62(73)56-53-50-47-44-41-38-26-23-20-17-14-11-8-5-2/h8,11,14,16-17,19-20,23,25,27,29-30,52,55,60-63,65-67,69,71-73,75-76H,4-7,9-10,12-13,15,18,21-22,24,26,28,31-51,53-54,56-59H2,1-3H3,(H,70,77)/b11-8+,17-14+,19-16-,23-20+,27-25-,30-29-,55-52+. The Labute approximate surface area is 489 Å². The predicted molar refractivity (Wildman–Crippen MR) is 333 cm³/mol. The summed E-state index contributed by atoms with van der Waals surface area (Å²) >= 11 is 0. The summed E-state index contributed by atoms with van der Waals surface area (Å²) in [5.74, 6) is -1.21. The number of aliphatic hydroxyl groups excluding tert-OH is 5. The highest BCUT2D eigenvalue weighted by atomic mass is 16.7. The molecule has 1 aliphatic heterocycles. The van der Waals surface area contributed by atoms with E-state index in [9.17, 15) is 35.1 Å². The van der Waals surface area contributed by atoms with E-state index in [1.165, 1.54) is 135 Å². The summed E-state index contributed by atoms with van der Waals surface area (Å²) in [7, 11) is 0. The molecular weight excluding hydrogens is 1000 g/mol. The van der Waals surface area contributed by atoms with Gasteiger partial charge in [0.15, 0.2) is 12.4 Å². The third-order valence-electron chi connectivity index (χ3n) is 15.1. The van der Waals surface area contributed by atoms with E-state index >= 15 is 0 Å². The van der Waals surface area contributed by atoms with E-state index < -0.39 is 67.4 Å². The van der Waals surface area contributed by atoms with E-state index in [0.29, 0.717) is 12.8 Å². The fraction of sp³-hybridized carbons (Fsp3) is 0.768. The van der Waals surface area contributed by atoms with Gasteiger partial charge < -0.3 is 45.1 Å². The van der Waals surface area contributed by atoms with Crippen molar-refractivity contribution in [3.05, 3.63) is 85.1 Å². The van der Waals surface area contributed by atoms with Gasteiger partial charge in [0.1, 0.15) is 24.4 Å². The molecule has 0 aromatic heterocycles. The fourth-order valence-corrected chi connectivity index (χ4v) is 9.89. The van der Waals surface area contributed by atoms with Crippen molar-refractivity contribution in [2.45, 2.75) is 327 Å². The monoisotopic (exact) mass is 1120 g/mol. The molecule has 8 unspecified atom stereocenters. The predicted octanol–water partition coefficient (Wildman–Crippen LogP) is 16.1. The van der Waals surface area contributed by atoms with Gasteiger partial charge in [-0.25, -0.2) is 0 Å². The Morgan fingerprint density at radius 3 is 1.48 bits per heavy atom. The first-order valence-corrected chi connectivity index (χ1v) is 32.9. The molecule has 0 spiro atoms. The number of carbonyl (C=O) groups excluding carboxylic acids is 2. The van der Waals surface area contributed by atoms with E-state index in [0.717, 1.165) is 96.3 Å². The molecule has 1 saturated heterocycles. The summed E-state index contributed by atoms with van der Waals surface area (Å²) in [6, 6.07) is -1.03. The molecule has 80 heavy (non-hydrogen) atoms. The van der Waals surface area contributed by atoms with Crippen molar-refractivity contribution in [3.8, 4) is 0 Å². The van der Waals surface area contributed by atoms with Crippen molar-refractivity contribution >= 4 is 11.9 Å². The summed E-state index contributed by atoms with van der Waals surface area (Å²) in [4.78, 5) is 26.6. The maximum Gasteiger partial charge on any atom is 0.306 e. The van der Waals surface area contributed by atoms with Crippen LogP contribution in [-0.2, 0) is 23.8 Å². The molecule has 11 heteroatoms. The Morgan fingerprint density at radius 2 is 0.950 bits per heavy atom. The number of unbranched alkanes of at least 4 members (excludes halogenated alkanes) is 31. The molecule has 0 bridgehead atoms. The highest BCUT2D eigenvalue weighted by Crippen LogP contribution is 2.26. The van der Waals surface area contributed by atoms with Crippen molar-refractivity contribution in [3.63, 3.8) is 0 Å². The molecule has 0 aliphatic carbocycles. The lowest BCUT2D eigenvalue weighted by Crippen LogP contribution is -2.61. The van der Waals surface area contributed by atoms with Crippen molar-refractivity contribution < 1.29 is 49.3 Å². The molecule has 1 aliphatic rings. The Balaban J connectivity index is 2.59. The number of carbonyl (C=O) groups is 2. The quantitative estimate of drug-likeness (QED) is 0.0149. The number of allylic oxidation sites excluding steroid dienone is 13. The molecule has 1 amide bonds. The lowest BCUT2D eigenvalue weighted by Gasteiger charge is -2.41. The number of hydrogen-bond donors (Lipinski definition) is 6. The van der Waals surface area contributed by atoms with Crippen LogP contribution in [0.3, 0.4) is 0 Å². The second-order valence-electron chi connectivity index (χ2n) is 22.5. The average Bonchev–Trinajstić information content (AvgIpc) is 3.46. The molecule has 1 heterocycles. The number of nitrogens with one attached hydrogen (secondary N) is 1. The van der Waals surface area contributed by atoms with Crippen molar-refractivity contribution in [2.24, 2.45) is 0 Å². The minimum Gasteiger partial charge on any atom is -0.454 e. The number of amides is 1. The summed E-state index contributed by atoms with van der Waals surface area (Å²) in [6.07, 6.45) is 63.4. The Morgan fingerprint density at radius 1 is 0.512 bits per heavy atom. The maximum absolute atomic E-state index is 13.4. The first kappa shape index (κ1) is 74.9. The highest BCUT2D eigenvalue weighted by Gasteiger charge is 2.47. The number of hydrogen-bond acceptors (Lipinski definition) is 10. The highest BCUT2D eigenvalue weighted by molar-refractivity contribution is 5.80. The zero-order valence-corrected chi connectivity index (χ0v) is 51.2. The molecular formula is C69H121NO10. The molecule has 8 atom stereocenters. The molecule has 0 aromatic rings. The first-order valence-electron chi connectivity index (χ1n) is 32.9. The van der Waals surface area contributed by atoms with Crippen LogP contribution >= 0.6 is 0 Å². The van der Waals surface area contributed by atoms with Gasteiger partial charge in [0.25, 0.3) is 0 Å². The Kier molecular flexibility index (Phi) is 52.7. The Bertz CT molecular complexity index is 1620. The average molecular weight is 1120 g/mol. The normalized spacial score (nSPS) is 19.3. The largest absolute Gasteiger partial charge is 0.454 e. The molecule has 1 fully saturated rings. The number of esters is 1. The first-order chi connectivity index (χ1) is 39.2. The topological polar surface area (TPSA) is 175 Å². The van der Waals surface area contributed by atoms with Crippen LogP contribution in [0.4, 0.5) is 0 Å². The van der Waals surface area contributed by atoms with Crippen LogP contribution < -0.4 is 5.32 Å². The minimum absolute atomic E-state index is 0.117. The molecule has 0 radical (unpaired) electrons. The Hall–Kier alpha value is -3.16. The third kappa shape index (κ3) is 43.5. The zero-order chi connectivity index (χ0) is 58.2. The molecule has 6 N–H and O–H groups in total. The van der Waals surface area contributed by atoms with Gasteiger partial charge in [-0.05, 0) is 83.5 Å². The van der Waals surface area contributed by atoms with Crippen LogP contribution in [0.25, 0.3) is 0 Å². The zero-order valence-electron chi connectivity index (χ0n) is 51.2. The van der Waals surface area contributed by atoms with E-state index in [1.54, 1.807) is 6.08 Å². The lowest BCUT2D eigenvalue weighted by molar-refractivity contribution is -0.305. The van der Waals surface area contributed by atoms with Crippen LogP contribution in [0, 0.1) is 0 Å². The van der Waals surface area contributed by atoms with Crippen molar-refractivity contribution in [1.82, 2.24) is 5.32 Å².